The van der Waals surface area contributed by atoms with Gasteiger partial charge in [-0.1, -0.05) is 19.1 Å². The monoisotopic (exact) mass is 371 g/mol. The van der Waals surface area contributed by atoms with Crippen molar-refractivity contribution in [3.05, 3.63) is 53.9 Å². The molecule has 1 aromatic heterocycles. The molecule has 142 valence electrons. The van der Waals surface area contributed by atoms with Crippen molar-refractivity contribution in [1.29, 1.82) is 0 Å². The SMILES string of the molecule is CCC[n+]1ccc(/C=C/c2ccc(OC)cc2OC)cc1.FB(F)F.[F-]. The van der Waals surface area contributed by atoms with Crippen molar-refractivity contribution in [3.63, 3.8) is 0 Å². The molecule has 0 aliphatic carbocycles. The standard InChI is InChI=1S/C18H22NO2.BF3.FH/c1-4-11-19-12-9-15(10-13-19)5-6-16-7-8-17(20-2)14-18(16)21-3;2-1(3)4;/h5-10,12-14H,4,11H2,1-3H3;;1H/q+1;;/p-1/b6-5+;;. The maximum Gasteiger partial charge on any atom is 0.762 e. The molecule has 0 unspecified atom stereocenters. The fourth-order valence-electron chi connectivity index (χ4n) is 2.13. The minimum atomic E-state index is -3.67. The lowest BCUT2D eigenvalue weighted by atomic mass is 10.1. The first kappa shape index (κ1) is 23.5. The maximum atomic E-state index is 9.67. The van der Waals surface area contributed by atoms with Gasteiger partial charge in [-0.15, -0.1) is 0 Å². The van der Waals surface area contributed by atoms with Crippen LogP contribution in [-0.4, -0.2) is 21.8 Å². The summed E-state index contributed by atoms with van der Waals surface area (Å²) < 4.78 is 41.8. The topological polar surface area (TPSA) is 22.3 Å². The van der Waals surface area contributed by atoms with Crippen LogP contribution in [0.3, 0.4) is 0 Å². The minimum absolute atomic E-state index is 0. The Labute approximate surface area is 151 Å². The molecule has 0 aliphatic heterocycles. The molecule has 0 aliphatic rings. The van der Waals surface area contributed by atoms with Gasteiger partial charge in [0.1, 0.15) is 18.0 Å². The molecule has 26 heavy (non-hydrogen) atoms. The second-order valence-corrected chi connectivity index (χ2v) is 5.06. The highest BCUT2D eigenvalue weighted by atomic mass is 19.4. The van der Waals surface area contributed by atoms with E-state index in [1.807, 2.05) is 18.2 Å². The van der Waals surface area contributed by atoms with Gasteiger partial charge >= 0.3 is 7.54 Å². The zero-order valence-electron chi connectivity index (χ0n) is 15.0. The summed E-state index contributed by atoms with van der Waals surface area (Å²) in [6.45, 7) is 3.23. The molecule has 0 fully saturated rings. The molecule has 0 saturated carbocycles. The lowest BCUT2D eigenvalue weighted by Crippen LogP contribution is -3.00. The number of halogens is 4. The van der Waals surface area contributed by atoms with E-state index in [4.69, 9.17) is 9.47 Å². The highest BCUT2D eigenvalue weighted by molar-refractivity contribution is 6.33. The Balaban J connectivity index is 0.00000113. The molecule has 0 saturated heterocycles. The van der Waals surface area contributed by atoms with Crippen LogP contribution in [0.1, 0.15) is 24.5 Å². The summed E-state index contributed by atoms with van der Waals surface area (Å²) in [5.74, 6) is 1.60. The summed E-state index contributed by atoms with van der Waals surface area (Å²) in [5.41, 5.74) is 2.20. The van der Waals surface area contributed by atoms with Crippen molar-refractivity contribution < 1.29 is 31.7 Å². The molecule has 0 N–H and O–H groups in total. The third-order valence-electron chi connectivity index (χ3n) is 3.29. The van der Waals surface area contributed by atoms with Crippen molar-refractivity contribution in [2.24, 2.45) is 0 Å². The van der Waals surface area contributed by atoms with Gasteiger partial charge in [0.05, 0.1) is 14.2 Å². The van der Waals surface area contributed by atoms with Crippen molar-refractivity contribution >= 4 is 19.7 Å². The van der Waals surface area contributed by atoms with Crippen LogP contribution in [0.2, 0.25) is 0 Å². The zero-order valence-corrected chi connectivity index (χ0v) is 15.0. The third-order valence-corrected chi connectivity index (χ3v) is 3.29. The van der Waals surface area contributed by atoms with Gasteiger partial charge in [0, 0.05) is 30.2 Å². The van der Waals surface area contributed by atoms with Crippen LogP contribution in [0.15, 0.2) is 42.7 Å². The summed E-state index contributed by atoms with van der Waals surface area (Å²) in [5, 5.41) is 0. The second-order valence-electron chi connectivity index (χ2n) is 5.06. The number of hydrogen-bond donors (Lipinski definition) is 0. The number of pyridine rings is 1. The van der Waals surface area contributed by atoms with Gasteiger partial charge in [-0.3, -0.25) is 12.9 Å². The quantitative estimate of drug-likeness (QED) is 0.436. The number of nitrogens with zero attached hydrogens (tertiary/aromatic N) is 1. The maximum absolute atomic E-state index is 9.67. The molecule has 2 aromatic rings. The van der Waals surface area contributed by atoms with E-state index >= 15 is 0 Å². The number of aryl methyl sites for hydroxylation is 1. The number of rotatable bonds is 6. The Morgan fingerprint density at radius 1 is 1.00 bits per heavy atom. The minimum Gasteiger partial charge on any atom is -1.00 e. The predicted molar refractivity (Wildman–Crippen MR) is 94.5 cm³/mol. The highest BCUT2D eigenvalue weighted by Crippen LogP contribution is 2.26. The van der Waals surface area contributed by atoms with Crippen molar-refractivity contribution in [2.45, 2.75) is 19.9 Å². The highest BCUT2D eigenvalue weighted by Gasteiger charge is 2.06. The number of benzene rings is 1. The molecule has 0 atom stereocenters. The number of aromatic nitrogens is 1. The summed E-state index contributed by atoms with van der Waals surface area (Å²) >= 11 is 0. The van der Waals surface area contributed by atoms with E-state index in [0.29, 0.717) is 0 Å². The fourth-order valence-corrected chi connectivity index (χ4v) is 2.13. The van der Waals surface area contributed by atoms with Gasteiger partial charge < -0.3 is 14.2 Å². The lowest BCUT2D eigenvalue weighted by Gasteiger charge is -2.07. The number of ether oxygens (including phenoxy) is 2. The third kappa shape index (κ3) is 8.55. The molecule has 0 amide bonds. The first-order chi connectivity index (χ1) is 12.0. The van der Waals surface area contributed by atoms with E-state index in [1.54, 1.807) is 14.2 Å². The van der Waals surface area contributed by atoms with Crippen LogP contribution >= 0.6 is 0 Å². The molecular weight excluding hydrogens is 349 g/mol. The van der Waals surface area contributed by atoms with Gasteiger partial charge in [-0.2, -0.15) is 0 Å². The van der Waals surface area contributed by atoms with Gasteiger partial charge in [-0.25, -0.2) is 4.57 Å². The molecule has 0 radical (unpaired) electrons. The van der Waals surface area contributed by atoms with Crippen LogP contribution in [0.5, 0.6) is 11.5 Å². The largest absolute Gasteiger partial charge is 1.00 e. The van der Waals surface area contributed by atoms with E-state index < -0.39 is 7.54 Å². The van der Waals surface area contributed by atoms with Gasteiger partial charge in [0.2, 0.25) is 0 Å². The second kappa shape index (κ2) is 12.8. The average molecular weight is 371 g/mol. The molecule has 0 bridgehead atoms. The summed E-state index contributed by atoms with van der Waals surface area (Å²) in [6.07, 6.45) is 9.49. The lowest BCUT2D eigenvalue weighted by molar-refractivity contribution is -0.697. The van der Waals surface area contributed by atoms with E-state index in [-0.39, 0.29) is 4.70 Å². The Morgan fingerprint density at radius 3 is 2.12 bits per heavy atom. The van der Waals surface area contributed by atoms with E-state index in [9.17, 15) is 12.9 Å². The molecular formula is C18H22BF4NO2. The van der Waals surface area contributed by atoms with Gasteiger partial charge in [0.15, 0.2) is 12.4 Å². The molecule has 0 spiro atoms. The van der Waals surface area contributed by atoms with Crippen LogP contribution in [0, 0.1) is 0 Å². The average Bonchev–Trinajstić information content (AvgIpc) is 2.61. The Kier molecular flexibility index (Phi) is 11.6. The van der Waals surface area contributed by atoms with Crippen molar-refractivity contribution in [2.75, 3.05) is 14.2 Å². The Bertz CT molecular complexity index is 664. The first-order valence-corrected chi connectivity index (χ1v) is 7.81. The molecule has 1 aromatic carbocycles. The van der Waals surface area contributed by atoms with Gasteiger partial charge in [-0.05, 0) is 17.7 Å². The fraction of sp³-hybridized carbons (Fsp3) is 0.278. The summed E-state index contributed by atoms with van der Waals surface area (Å²) in [7, 11) is -0.345. The molecule has 8 heteroatoms. The molecule has 2 rings (SSSR count). The van der Waals surface area contributed by atoms with E-state index in [1.165, 1.54) is 5.56 Å². The van der Waals surface area contributed by atoms with Crippen molar-refractivity contribution in [3.8, 4) is 11.5 Å². The predicted octanol–water partition coefficient (Wildman–Crippen LogP) is 1.46. The summed E-state index contributed by atoms with van der Waals surface area (Å²) in [4.78, 5) is 0. The number of hydrogen-bond acceptors (Lipinski definition) is 2. The smallest absolute Gasteiger partial charge is 0.762 e. The van der Waals surface area contributed by atoms with Crippen molar-refractivity contribution in [1.82, 2.24) is 0 Å². The Morgan fingerprint density at radius 2 is 1.62 bits per heavy atom. The van der Waals surface area contributed by atoms with E-state index in [2.05, 4.69) is 48.2 Å². The Hall–Kier alpha value is -2.51. The molecule has 3 nitrogen and oxygen atoms in total. The van der Waals surface area contributed by atoms with E-state index in [0.717, 1.165) is 30.0 Å². The number of methoxy groups -OCH3 is 2. The van der Waals surface area contributed by atoms with Gasteiger partial charge in [0.25, 0.3) is 0 Å². The summed E-state index contributed by atoms with van der Waals surface area (Å²) in [6, 6.07) is 10.0. The normalized spacial score (nSPS) is 9.77. The van der Waals surface area contributed by atoms with Crippen LogP contribution < -0.4 is 18.7 Å². The van der Waals surface area contributed by atoms with Crippen LogP contribution in [-0.2, 0) is 6.54 Å². The first-order valence-electron chi connectivity index (χ1n) is 7.81. The zero-order chi connectivity index (χ0) is 18.7. The van der Waals surface area contributed by atoms with Crippen LogP contribution in [0.4, 0.5) is 12.9 Å². The van der Waals surface area contributed by atoms with Crippen LogP contribution in [0.25, 0.3) is 12.2 Å². The molecule has 1 heterocycles.